The third-order valence-electron chi connectivity index (χ3n) is 5.87. The van der Waals surface area contributed by atoms with Crippen molar-refractivity contribution in [3.8, 4) is 6.07 Å². The Morgan fingerprint density at radius 2 is 1.90 bits per heavy atom. The van der Waals surface area contributed by atoms with Crippen LogP contribution in [0.25, 0.3) is 0 Å². The lowest BCUT2D eigenvalue weighted by Gasteiger charge is -2.38. The second-order valence-corrected chi connectivity index (χ2v) is 8.35. The molecule has 5 nitrogen and oxygen atoms in total. The third kappa shape index (κ3) is 5.53. The summed E-state index contributed by atoms with van der Waals surface area (Å²) in [6.45, 7) is 3.28. The number of halogens is 1. The molecule has 0 spiro atoms. The summed E-state index contributed by atoms with van der Waals surface area (Å²) in [7, 11) is 0. The van der Waals surface area contributed by atoms with Gasteiger partial charge in [-0.25, -0.2) is 0 Å². The van der Waals surface area contributed by atoms with Crippen molar-refractivity contribution in [2.75, 3.05) is 24.6 Å². The van der Waals surface area contributed by atoms with Crippen LogP contribution in [0.5, 0.6) is 0 Å². The van der Waals surface area contributed by atoms with E-state index in [1.165, 1.54) is 0 Å². The van der Waals surface area contributed by atoms with Crippen molar-refractivity contribution < 1.29 is 9.90 Å². The molecule has 0 aromatic heterocycles. The molecule has 1 saturated carbocycles. The smallest absolute Gasteiger partial charge is 0.251 e. The number of hydrogen-bond acceptors (Lipinski definition) is 4. The Balaban J connectivity index is 1.55. The van der Waals surface area contributed by atoms with E-state index in [1.807, 2.05) is 43.3 Å². The van der Waals surface area contributed by atoms with Gasteiger partial charge in [0.05, 0.1) is 17.2 Å². The van der Waals surface area contributed by atoms with Crippen molar-refractivity contribution in [3.63, 3.8) is 0 Å². The van der Waals surface area contributed by atoms with Crippen molar-refractivity contribution in [2.24, 2.45) is 5.92 Å². The van der Waals surface area contributed by atoms with Crippen molar-refractivity contribution in [2.45, 2.75) is 38.6 Å². The van der Waals surface area contributed by atoms with Crippen LogP contribution in [0, 0.1) is 24.2 Å². The van der Waals surface area contributed by atoms with Crippen molar-refractivity contribution in [1.29, 1.82) is 5.26 Å². The summed E-state index contributed by atoms with van der Waals surface area (Å²) < 4.78 is 0. The molecule has 1 aliphatic carbocycles. The lowest BCUT2D eigenvalue weighted by molar-refractivity contribution is 0.0942. The van der Waals surface area contributed by atoms with Crippen LogP contribution in [0.15, 0.2) is 42.5 Å². The van der Waals surface area contributed by atoms with Crippen LogP contribution >= 0.6 is 11.6 Å². The first-order chi connectivity index (χ1) is 14.5. The van der Waals surface area contributed by atoms with Crippen LogP contribution < -0.4 is 10.2 Å². The highest BCUT2D eigenvalue weighted by Crippen LogP contribution is 2.32. The fourth-order valence-corrected chi connectivity index (χ4v) is 4.33. The maximum atomic E-state index is 12.3. The second kappa shape index (κ2) is 10.5. The largest absolute Gasteiger partial charge is 0.395 e. The van der Waals surface area contributed by atoms with Gasteiger partial charge >= 0.3 is 0 Å². The first kappa shape index (κ1) is 22.1. The van der Waals surface area contributed by atoms with E-state index < -0.39 is 0 Å². The summed E-state index contributed by atoms with van der Waals surface area (Å²) >= 11 is 6.21. The Morgan fingerprint density at radius 3 is 2.50 bits per heavy atom. The fraction of sp³-hybridized carbons (Fsp3) is 0.417. The van der Waals surface area contributed by atoms with Gasteiger partial charge in [0.2, 0.25) is 0 Å². The van der Waals surface area contributed by atoms with E-state index in [9.17, 15) is 9.90 Å². The number of carbonyl (C=O) groups is 1. The highest BCUT2D eigenvalue weighted by atomic mass is 35.5. The number of nitriles is 1. The molecular weight excluding hydrogens is 398 g/mol. The molecule has 2 aromatic rings. The van der Waals surface area contributed by atoms with Crippen LogP contribution in [-0.4, -0.2) is 36.8 Å². The standard InChI is InChI=1S/C24H28ClN3O2/c1-17-2-6-19(7-3-17)24(30)27-16-18-4-9-21(10-5-18)28(12-13-29)22-11-8-20(15-26)23(25)14-22/h2-3,6-8,11,14,18,21,29H,4-5,9-10,12-13,16H2,1H3,(H,27,30). The lowest BCUT2D eigenvalue weighted by atomic mass is 9.85. The van der Waals surface area contributed by atoms with E-state index in [0.29, 0.717) is 41.2 Å². The minimum Gasteiger partial charge on any atom is -0.395 e. The van der Waals surface area contributed by atoms with Crippen molar-refractivity contribution in [1.82, 2.24) is 5.32 Å². The summed E-state index contributed by atoms with van der Waals surface area (Å²) in [6, 6.07) is 15.4. The Hall–Kier alpha value is -2.55. The normalized spacial score (nSPS) is 18.5. The molecule has 0 atom stereocenters. The fourth-order valence-electron chi connectivity index (χ4n) is 4.11. The number of hydrogen-bond donors (Lipinski definition) is 2. The topological polar surface area (TPSA) is 76.4 Å². The summed E-state index contributed by atoms with van der Waals surface area (Å²) in [5, 5.41) is 22.1. The number of rotatable bonds is 7. The number of anilines is 1. The monoisotopic (exact) mass is 425 g/mol. The first-order valence-electron chi connectivity index (χ1n) is 10.4. The van der Waals surface area contributed by atoms with E-state index in [2.05, 4.69) is 16.3 Å². The van der Waals surface area contributed by atoms with Crippen LogP contribution in [0.4, 0.5) is 5.69 Å². The molecule has 0 saturated heterocycles. The van der Waals surface area contributed by atoms with Gasteiger partial charge in [0.15, 0.2) is 0 Å². The van der Waals surface area contributed by atoms with Crippen LogP contribution in [0.1, 0.15) is 47.2 Å². The Labute approximate surface area is 183 Å². The quantitative estimate of drug-likeness (QED) is 0.693. The van der Waals surface area contributed by atoms with E-state index in [1.54, 1.807) is 6.07 Å². The molecule has 1 aliphatic rings. The highest BCUT2D eigenvalue weighted by Gasteiger charge is 2.26. The number of aliphatic hydroxyl groups excluding tert-OH is 1. The molecule has 1 amide bonds. The maximum Gasteiger partial charge on any atom is 0.251 e. The SMILES string of the molecule is Cc1ccc(C(=O)NCC2CCC(N(CCO)c3ccc(C#N)c(Cl)c3)CC2)cc1. The molecule has 3 rings (SSSR count). The zero-order valence-corrected chi connectivity index (χ0v) is 18.0. The van der Waals surface area contributed by atoms with Gasteiger partial charge < -0.3 is 15.3 Å². The summed E-state index contributed by atoms with van der Waals surface area (Å²) in [5.74, 6) is 0.433. The summed E-state index contributed by atoms with van der Waals surface area (Å²) in [5.41, 5.74) is 3.23. The Morgan fingerprint density at radius 1 is 1.20 bits per heavy atom. The maximum absolute atomic E-state index is 12.3. The number of amides is 1. The third-order valence-corrected chi connectivity index (χ3v) is 6.18. The molecule has 0 aliphatic heterocycles. The molecule has 158 valence electrons. The second-order valence-electron chi connectivity index (χ2n) is 7.94. The van der Waals surface area contributed by atoms with Gasteiger partial charge in [0.25, 0.3) is 5.91 Å². The number of nitrogens with zero attached hydrogens (tertiary/aromatic N) is 2. The van der Waals surface area contributed by atoms with Crippen LogP contribution in [0.2, 0.25) is 5.02 Å². The number of carbonyl (C=O) groups excluding carboxylic acids is 1. The molecule has 2 N–H and O–H groups in total. The average Bonchev–Trinajstić information content (AvgIpc) is 2.77. The van der Waals surface area contributed by atoms with Gasteiger partial charge in [-0.05, 0) is 68.9 Å². The summed E-state index contributed by atoms with van der Waals surface area (Å²) in [4.78, 5) is 14.5. The van der Waals surface area contributed by atoms with Crippen molar-refractivity contribution in [3.05, 3.63) is 64.2 Å². The predicted octanol–water partition coefficient (Wildman–Crippen LogP) is 4.31. The van der Waals surface area contributed by atoms with Gasteiger partial charge in [0.1, 0.15) is 6.07 Å². The number of benzene rings is 2. The van der Waals surface area contributed by atoms with Crippen molar-refractivity contribution >= 4 is 23.2 Å². The molecular formula is C24H28ClN3O2. The predicted molar refractivity (Wildman–Crippen MR) is 120 cm³/mol. The molecule has 0 radical (unpaired) electrons. The minimum absolute atomic E-state index is 0.0220. The van der Waals surface area contributed by atoms with E-state index in [0.717, 1.165) is 36.9 Å². The van der Waals surface area contributed by atoms with E-state index in [-0.39, 0.29) is 12.5 Å². The molecule has 1 fully saturated rings. The van der Waals surface area contributed by atoms with E-state index in [4.69, 9.17) is 16.9 Å². The number of aliphatic hydroxyl groups is 1. The average molecular weight is 426 g/mol. The number of nitrogens with one attached hydrogen (secondary N) is 1. The molecule has 6 heteroatoms. The highest BCUT2D eigenvalue weighted by molar-refractivity contribution is 6.32. The lowest BCUT2D eigenvalue weighted by Crippen LogP contribution is -2.41. The molecule has 0 heterocycles. The van der Waals surface area contributed by atoms with Gasteiger partial charge in [-0.3, -0.25) is 4.79 Å². The van der Waals surface area contributed by atoms with Gasteiger partial charge in [-0.2, -0.15) is 5.26 Å². The Bertz CT molecular complexity index is 900. The van der Waals surface area contributed by atoms with Crippen LogP contribution in [0.3, 0.4) is 0 Å². The summed E-state index contributed by atoms with van der Waals surface area (Å²) in [6.07, 6.45) is 4.01. The Kier molecular flexibility index (Phi) is 7.73. The zero-order chi connectivity index (χ0) is 21.5. The molecule has 2 aromatic carbocycles. The van der Waals surface area contributed by atoms with Crippen LogP contribution in [-0.2, 0) is 0 Å². The zero-order valence-electron chi connectivity index (χ0n) is 17.3. The van der Waals surface area contributed by atoms with Gasteiger partial charge in [0, 0.05) is 30.4 Å². The first-order valence-corrected chi connectivity index (χ1v) is 10.8. The molecule has 30 heavy (non-hydrogen) atoms. The molecule has 0 bridgehead atoms. The molecule has 0 unspecified atom stereocenters. The van der Waals surface area contributed by atoms with E-state index >= 15 is 0 Å². The minimum atomic E-state index is -0.0220. The number of aryl methyl sites for hydroxylation is 1. The van der Waals surface area contributed by atoms with Gasteiger partial charge in [-0.15, -0.1) is 0 Å². The van der Waals surface area contributed by atoms with Gasteiger partial charge in [-0.1, -0.05) is 29.3 Å².